The Labute approximate surface area is 110 Å². The van der Waals surface area contributed by atoms with Gasteiger partial charge in [-0.1, -0.05) is 44.2 Å². The maximum Gasteiger partial charge on any atom is 0.0682 e. The molecule has 100 valence electrons. The predicted molar refractivity (Wildman–Crippen MR) is 76.7 cm³/mol. The normalized spacial score (nSPS) is 18.1. The first-order valence-electron chi connectivity index (χ1n) is 7.32. The van der Waals surface area contributed by atoms with Gasteiger partial charge in [-0.05, 0) is 36.5 Å². The minimum absolute atomic E-state index is 0.124. The monoisotopic (exact) mass is 247 g/mol. The summed E-state index contributed by atoms with van der Waals surface area (Å²) in [4.78, 5) is 0. The van der Waals surface area contributed by atoms with Crippen LogP contribution in [-0.4, -0.2) is 11.7 Å². The highest BCUT2D eigenvalue weighted by atomic mass is 16.3. The van der Waals surface area contributed by atoms with Crippen molar-refractivity contribution in [2.24, 2.45) is 5.92 Å². The van der Waals surface area contributed by atoms with Gasteiger partial charge in [0.05, 0.1) is 6.61 Å². The van der Waals surface area contributed by atoms with E-state index in [9.17, 15) is 0 Å². The predicted octanol–water partition coefficient (Wildman–Crippen LogP) is 3.95. The van der Waals surface area contributed by atoms with E-state index in [1.165, 1.54) is 44.9 Å². The second kappa shape index (κ2) is 7.42. The highest BCUT2D eigenvalue weighted by molar-refractivity contribution is 5.45. The van der Waals surface area contributed by atoms with Gasteiger partial charge >= 0.3 is 0 Å². The second-order valence-electron chi connectivity index (χ2n) is 5.45. The topological polar surface area (TPSA) is 32.3 Å². The summed E-state index contributed by atoms with van der Waals surface area (Å²) in [5, 5.41) is 12.6. The van der Waals surface area contributed by atoms with Gasteiger partial charge in [0.1, 0.15) is 0 Å². The Bertz CT molecular complexity index is 343. The van der Waals surface area contributed by atoms with Crippen molar-refractivity contribution >= 4 is 5.69 Å². The van der Waals surface area contributed by atoms with Crippen molar-refractivity contribution in [3.05, 3.63) is 29.8 Å². The lowest BCUT2D eigenvalue weighted by atomic mass is 9.91. The van der Waals surface area contributed by atoms with Gasteiger partial charge in [0, 0.05) is 12.2 Å². The lowest BCUT2D eigenvalue weighted by Gasteiger charge is -2.20. The van der Waals surface area contributed by atoms with Gasteiger partial charge in [0.2, 0.25) is 0 Å². The largest absolute Gasteiger partial charge is 0.392 e. The fraction of sp³-hybridized carbons (Fsp3) is 0.625. The van der Waals surface area contributed by atoms with Gasteiger partial charge < -0.3 is 10.4 Å². The van der Waals surface area contributed by atoms with Crippen LogP contribution in [0.1, 0.15) is 50.5 Å². The molecular formula is C16H25NO. The first kappa shape index (κ1) is 13.4. The summed E-state index contributed by atoms with van der Waals surface area (Å²) in [6.07, 6.45) is 9.77. The number of aliphatic hydroxyl groups excluding tert-OH is 1. The van der Waals surface area contributed by atoms with Crippen molar-refractivity contribution in [2.75, 3.05) is 11.9 Å². The van der Waals surface area contributed by atoms with Gasteiger partial charge in [-0.3, -0.25) is 0 Å². The van der Waals surface area contributed by atoms with Crippen molar-refractivity contribution in [1.29, 1.82) is 0 Å². The van der Waals surface area contributed by atoms with E-state index in [4.69, 9.17) is 5.11 Å². The minimum Gasteiger partial charge on any atom is -0.392 e. The van der Waals surface area contributed by atoms with Crippen LogP contribution in [0.4, 0.5) is 5.69 Å². The van der Waals surface area contributed by atoms with E-state index in [2.05, 4.69) is 11.4 Å². The molecule has 0 aromatic heterocycles. The van der Waals surface area contributed by atoms with Crippen LogP contribution in [0.3, 0.4) is 0 Å². The first-order chi connectivity index (χ1) is 8.88. The highest BCUT2D eigenvalue weighted by Gasteiger charge is 2.10. The maximum absolute atomic E-state index is 9.12. The van der Waals surface area contributed by atoms with E-state index in [-0.39, 0.29) is 6.61 Å². The zero-order chi connectivity index (χ0) is 12.6. The van der Waals surface area contributed by atoms with Crippen molar-refractivity contribution in [1.82, 2.24) is 0 Å². The van der Waals surface area contributed by atoms with Crippen LogP contribution >= 0.6 is 0 Å². The Morgan fingerprint density at radius 3 is 2.50 bits per heavy atom. The van der Waals surface area contributed by atoms with Crippen molar-refractivity contribution in [2.45, 2.75) is 51.6 Å². The Morgan fingerprint density at radius 2 is 1.78 bits per heavy atom. The smallest absolute Gasteiger partial charge is 0.0682 e. The highest BCUT2D eigenvalue weighted by Crippen LogP contribution is 2.23. The van der Waals surface area contributed by atoms with Crippen LogP contribution in [0.25, 0.3) is 0 Å². The average Bonchev–Trinajstić information content (AvgIpc) is 2.38. The van der Waals surface area contributed by atoms with Crippen LogP contribution in [0.5, 0.6) is 0 Å². The SMILES string of the molecule is OCc1cccc(NCC2CCCCCCC2)c1. The van der Waals surface area contributed by atoms with E-state index in [1.807, 2.05) is 18.2 Å². The molecule has 18 heavy (non-hydrogen) atoms. The molecule has 0 atom stereocenters. The molecule has 0 bridgehead atoms. The summed E-state index contributed by atoms with van der Waals surface area (Å²) < 4.78 is 0. The third-order valence-electron chi connectivity index (χ3n) is 3.93. The zero-order valence-corrected chi connectivity index (χ0v) is 11.2. The van der Waals surface area contributed by atoms with E-state index in [0.29, 0.717) is 0 Å². The fourth-order valence-electron chi connectivity index (χ4n) is 2.79. The van der Waals surface area contributed by atoms with Gasteiger partial charge in [-0.25, -0.2) is 0 Å². The third-order valence-corrected chi connectivity index (χ3v) is 3.93. The average molecular weight is 247 g/mol. The molecule has 0 unspecified atom stereocenters. The second-order valence-corrected chi connectivity index (χ2v) is 5.45. The van der Waals surface area contributed by atoms with Crippen molar-refractivity contribution in [3.63, 3.8) is 0 Å². The van der Waals surface area contributed by atoms with Crippen LogP contribution in [0.2, 0.25) is 0 Å². The van der Waals surface area contributed by atoms with Crippen LogP contribution < -0.4 is 5.32 Å². The summed E-state index contributed by atoms with van der Waals surface area (Å²) in [6.45, 7) is 1.20. The molecular weight excluding hydrogens is 222 g/mol. The molecule has 0 saturated heterocycles. The molecule has 2 rings (SSSR count). The third kappa shape index (κ3) is 4.34. The minimum atomic E-state index is 0.124. The van der Waals surface area contributed by atoms with E-state index >= 15 is 0 Å². The van der Waals surface area contributed by atoms with E-state index in [1.54, 1.807) is 0 Å². The molecule has 1 saturated carbocycles. The molecule has 1 aliphatic rings. The molecule has 1 fully saturated rings. The van der Waals surface area contributed by atoms with Crippen molar-refractivity contribution < 1.29 is 5.11 Å². The summed E-state index contributed by atoms with van der Waals surface area (Å²) in [6, 6.07) is 8.10. The molecule has 0 spiro atoms. The molecule has 1 aromatic rings. The number of anilines is 1. The summed E-state index contributed by atoms with van der Waals surface area (Å²) in [5.41, 5.74) is 2.13. The number of benzene rings is 1. The Kier molecular flexibility index (Phi) is 5.53. The first-order valence-corrected chi connectivity index (χ1v) is 7.32. The number of aliphatic hydroxyl groups is 1. The summed E-state index contributed by atoms with van der Waals surface area (Å²) >= 11 is 0. The molecule has 0 heterocycles. The molecule has 0 radical (unpaired) electrons. The van der Waals surface area contributed by atoms with Gasteiger partial charge in [-0.2, -0.15) is 0 Å². The van der Waals surface area contributed by atoms with Crippen LogP contribution in [0, 0.1) is 5.92 Å². The molecule has 0 amide bonds. The Balaban J connectivity index is 1.81. The standard InChI is InChI=1S/C16H25NO/c18-13-15-9-6-10-16(11-15)17-12-14-7-4-2-1-3-5-8-14/h6,9-11,14,17-18H,1-5,7-8,12-13H2. The molecule has 0 aliphatic heterocycles. The van der Waals surface area contributed by atoms with Crippen LogP contribution in [0.15, 0.2) is 24.3 Å². The molecule has 2 N–H and O–H groups in total. The van der Waals surface area contributed by atoms with E-state index < -0.39 is 0 Å². The van der Waals surface area contributed by atoms with Gasteiger partial charge in [-0.15, -0.1) is 0 Å². The van der Waals surface area contributed by atoms with E-state index in [0.717, 1.165) is 23.7 Å². The quantitative estimate of drug-likeness (QED) is 0.844. The fourth-order valence-corrected chi connectivity index (χ4v) is 2.79. The summed E-state index contributed by atoms with van der Waals surface area (Å²) in [5.74, 6) is 0.822. The number of hydrogen-bond donors (Lipinski definition) is 2. The number of hydrogen-bond acceptors (Lipinski definition) is 2. The van der Waals surface area contributed by atoms with Gasteiger partial charge in [0.15, 0.2) is 0 Å². The lowest BCUT2D eigenvalue weighted by molar-refractivity contribution is 0.282. The zero-order valence-electron chi connectivity index (χ0n) is 11.2. The Morgan fingerprint density at radius 1 is 1.06 bits per heavy atom. The molecule has 1 aromatic carbocycles. The maximum atomic E-state index is 9.12. The molecule has 2 nitrogen and oxygen atoms in total. The number of nitrogens with one attached hydrogen (secondary N) is 1. The lowest BCUT2D eigenvalue weighted by Crippen LogP contribution is -2.15. The molecule has 2 heteroatoms. The Hall–Kier alpha value is -1.02. The number of rotatable bonds is 4. The van der Waals surface area contributed by atoms with Crippen LogP contribution in [-0.2, 0) is 6.61 Å². The van der Waals surface area contributed by atoms with Gasteiger partial charge in [0.25, 0.3) is 0 Å². The van der Waals surface area contributed by atoms with Crippen molar-refractivity contribution in [3.8, 4) is 0 Å². The summed E-state index contributed by atoms with van der Waals surface area (Å²) in [7, 11) is 0. The molecule has 1 aliphatic carbocycles.